The number of hydrogen-bond donors (Lipinski definition) is 1. The molecule has 1 amide bonds. The summed E-state index contributed by atoms with van der Waals surface area (Å²) in [6, 6.07) is 28.1. The van der Waals surface area contributed by atoms with Crippen molar-refractivity contribution in [3.8, 4) is 0 Å². The van der Waals surface area contributed by atoms with Crippen molar-refractivity contribution in [1.82, 2.24) is 0 Å². The maximum Gasteiger partial charge on any atom is 0.258 e. The Labute approximate surface area is 147 Å². The standard InChI is InChI=1S/C22H20N2O/c25-22(17-9-3-1-4-10-17)24-16-15-20(19-13-7-8-14-21(19)24)23-18-11-5-2-6-12-18/h1-14,20,23H,15-16H2. The first kappa shape index (κ1) is 15.5. The van der Waals surface area contributed by atoms with Gasteiger partial charge in [-0.05, 0) is 42.3 Å². The van der Waals surface area contributed by atoms with Crippen LogP contribution in [0, 0.1) is 0 Å². The molecule has 1 heterocycles. The van der Waals surface area contributed by atoms with Crippen molar-refractivity contribution in [2.75, 3.05) is 16.8 Å². The molecule has 1 aliphatic rings. The molecule has 3 heteroatoms. The second-order valence-corrected chi connectivity index (χ2v) is 6.23. The predicted molar refractivity (Wildman–Crippen MR) is 102 cm³/mol. The van der Waals surface area contributed by atoms with Gasteiger partial charge < -0.3 is 10.2 Å². The monoisotopic (exact) mass is 328 g/mol. The number of nitrogens with zero attached hydrogens (tertiary/aromatic N) is 1. The molecule has 3 aromatic carbocycles. The van der Waals surface area contributed by atoms with Gasteiger partial charge in [-0.25, -0.2) is 0 Å². The zero-order valence-electron chi connectivity index (χ0n) is 13.9. The largest absolute Gasteiger partial charge is 0.378 e. The van der Waals surface area contributed by atoms with Crippen molar-refractivity contribution in [1.29, 1.82) is 0 Å². The fourth-order valence-electron chi connectivity index (χ4n) is 3.40. The number of amides is 1. The van der Waals surface area contributed by atoms with E-state index in [-0.39, 0.29) is 11.9 Å². The minimum absolute atomic E-state index is 0.0613. The van der Waals surface area contributed by atoms with Crippen LogP contribution in [0.1, 0.15) is 28.4 Å². The van der Waals surface area contributed by atoms with Crippen LogP contribution in [0.25, 0.3) is 0 Å². The van der Waals surface area contributed by atoms with E-state index in [4.69, 9.17) is 0 Å². The van der Waals surface area contributed by atoms with Gasteiger partial charge in [0.25, 0.3) is 5.91 Å². The Morgan fingerprint density at radius 3 is 2.24 bits per heavy atom. The summed E-state index contributed by atoms with van der Waals surface area (Å²) in [5.74, 6) is 0.0613. The van der Waals surface area contributed by atoms with E-state index in [1.54, 1.807) is 0 Å². The number of fused-ring (bicyclic) bond motifs is 1. The molecule has 3 nitrogen and oxygen atoms in total. The third-order valence-electron chi connectivity index (χ3n) is 4.62. The molecule has 1 atom stereocenters. The molecule has 1 unspecified atom stereocenters. The van der Waals surface area contributed by atoms with Gasteiger partial charge in [0.2, 0.25) is 0 Å². The molecule has 1 N–H and O–H groups in total. The fourth-order valence-corrected chi connectivity index (χ4v) is 3.40. The lowest BCUT2D eigenvalue weighted by atomic mass is 9.95. The first-order valence-corrected chi connectivity index (χ1v) is 8.60. The Morgan fingerprint density at radius 1 is 0.840 bits per heavy atom. The third-order valence-corrected chi connectivity index (χ3v) is 4.62. The number of benzene rings is 3. The summed E-state index contributed by atoms with van der Waals surface area (Å²) in [7, 11) is 0. The third kappa shape index (κ3) is 3.13. The molecule has 0 spiro atoms. The van der Waals surface area contributed by atoms with Crippen molar-refractivity contribution in [2.45, 2.75) is 12.5 Å². The maximum absolute atomic E-state index is 12.9. The van der Waals surface area contributed by atoms with E-state index in [1.165, 1.54) is 5.56 Å². The summed E-state index contributed by atoms with van der Waals surface area (Å²) in [6.07, 6.45) is 0.879. The first-order chi connectivity index (χ1) is 12.3. The number of nitrogens with one attached hydrogen (secondary N) is 1. The highest BCUT2D eigenvalue weighted by Gasteiger charge is 2.28. The van der Waals surface area contributed by atoms with E-state index in [2.05, 4.69) is 23.5 Å². The average molecular weight is 328 g/mol. The number of anilines is 2. The Hall–Kier alpha value is -3.07. The summed E-state index contributed by atoms with van der Waals surface area (Å²) in [6.45, 7) is 0.704. The van der Waals surface area contributed by atoms with Crippen LogP contribution in [-0.2, 0) is 0 Å². The molecule has 0 saturated heterocycles. The van der Waals surface area contributed by atoms with Gasteiger partial charge in [-0.2, -0.15) is 0 Å². The zero-order chi connectivity index (χ0) is 17.1. The predicted octanol–water partition coefficient (Wildman–Crippen LogP) is 4.89. The zero-order valence-corrected chi connectivity index (χ0v) is 13.9. The molecule has 4 rings (SSSR count). The van der Waals surface area contributed by atoms with Gasteiger partial charge in [0, 0.05) is 23.5 Å². The van der Waals surface area contributed by atoms with Gasteiger partial charge in [0.15, 0.2) is 0 Å². The quantitative estimate of drug-likeness (QED) is 0.742. The number of para-hydroxylation sites is 2. The lowest BCUT2D eigenvalue weighted by Crippen LogP contribution is -2.38. The highest BCUT2D eigenvalue weighted by molar-refractivity contribution is 6.06. The number of carbonyl (C=O) groups is 1. The second kappa shape index (κ2) is 6.81. The summed E-state index contributed by atoms with van der Waals surface area (Å²) in [5, 5.41) is 3.60. The van der Waals surface area contributed by atoms with E-state index in [0.717, 1.165) is 23.4 Å². The minimum Gasteiger partial charge on any atom is -0.378 e. The normalized spacial score (nSPS) is 16.2. The first-order valence-electron chi connectivity index (χ1n) is 8.60. The van der Waals surface area contributed by atoms with E-state index >= 15 is 0 Å². The molecule has 0 aromatic heterocycles. The summed E-state index contributed by atoms with van der Waals surface area (Å²) in [5.41, 5.74) is 4.00. The molecule has 3 aromatic rings. The lowest BCUT2D eigenvalue weighted by Gasteiger charge is -2.35. The molecule has 0 aliphatic carbocycles. The Bertz CT molecular complexity index is 861. The fraction of sp³-hybridized carbons (Fsp3) is 0.136. The molecule has 0 saturated carbocycles. The summed E-state index contributed by atoms with van der Waals surface area (Å²) in [4.78, 5) is 14.8. The van der Waals surface area contributed by atoms with E-state index < -0.39 is 0 Å². The summed E-state index contributed by atoms with van der Waals surface area (Å²) >= 11 is 0. The lowest BCUT2D eigenvalue weighted by molar-refractivity contribution is 0.0984. The number of carbonyl (C=O) groups excluding carboxylic acids is 1. The minimum atomic E-state index is 0.0613. The SMILES string of the molecule is O=C(c1ccccc1)N1CCC(Nc2ccccc2)c2ccccc21. The van der Waals surface area contributed by atoms with Gasteiger partial charge in [-0.1, -0.05) is 54.6 Å². The highest BCUT2D eigenvalue weighted by Crippen LogP contribution is 2.36. The van der Waals surface area contributed by atoms with Crippen LogP contribution in [0.5, 0.6) is 0 Å². The second-order valence-electron chi connectivity index (χ2n) is 6.23. The molecule has 1 aliphatic heterocycles. The number of hydrogen-bond acceptors (Lipinski definition) is 2. The van der Waals surface area contributed by atoms with Gasteiger partial charge in [0.05, 0.1) is 6.04 Å². The molecule has 25 heavy (non-hydrogen) atoms. The maximum atomic E-state index is 12.9. The van der Waals surface area contributed by atoms with Gasteiger partial charge in [0.1, 0.15) is 0 Å². The van der Waals surface area contributed by atoms with Crippen LogP contribution in [0.4, 0.5) is 11.4 Å². The van der Waals surface area contributed by atoms with Crippen LogP contribution in [0.2, 0.25) is 0 Å². The van der Waals surface area contributed by atoms with Gasteiger partial charge in [-0.3, -0.25) is 4.79 Å². The molecular formula is C22H20N2O. The molecule has 0 bridgehead atoms. The Balaban J connectivity index is 1.64. The van der Waals surface area contributed by atoms with E-state index in [0.29, 0.717) is 6.54 Å². The van der Waals surface area contributed by atoms with Crippen LogP contribution in [0.15, 0.2) is 84.9 Å². The van der Waals surface area contributed by atoms with Crippen LogP contribution in [-0.4, -0.2) is 12.5 Å². The van der Waals surface area contributed by atoms with Gasteiger partial charge in [-0.15, -0.1) is 0 Å². The highest BCUT2D eigenvalue weighted by atomic mass is 16.2. The Morgan fingerprint density at radius 2 is 1.48 bits per heavy atom. The van der Waals surface area contributed by atoms with E-state index in [9.17, 15) is 4.79 Å². The molecule has 0 fully saturated rings. The van der Waals surface area contributed by atoms with Gasteiger partial charge >= 0.3 is 0 Å². The Kier molecular flexibility index (Phi) is 4.21. The molecule has 0 radical (unpaired) electrons. The molecular weight excluding hydrogens is 308 g/mol. The van der Waals surface area contributed by atoms with Crippen molar-refractivity contribution < 1.29 is 4.79 Å². The van der Waals surface area contributed by atoms with Crippen molar-refractivity contribution in [3.05, 3.63) is 96.1 Å². The van der Waals surface area contributed by atoms with Crippen molar-refractivity contribution in [2.24, 2.45) is 0 Å². The van der Waals surface area contributed by atoms with Crippen LogP contribution in [0.3, 0.4) is 0 Å². The van der Waals surface area contributed by atoms with Crippen molar-refractivity contribution >= 4 is 17.3 Å². The average Bonchev–Trinajstić information content (AvgIpc) is 2.69. The van der Waals surface area contributed by atoms with Crippen LogP contribution < -0.4 is 10.2 Å². The molecule has 124 valence electrons. The van der Waals surface area contributed by atoms with E-state index in [1.807, 2.05) is 71.6 Å². The smallest absolute Gasteiger partial charge is 0.258 e. The van der Waals surface area contributed by atoms with Crippen molar-refractivity contribution in [3.63, 3.8) is 0 Å². The number of rotatable bonds is 3. The van der Waals surface area contributed by atoms with Crippen LogP contribution >= 0.6 is 0 Å². The topological polar surface area (TPSA) is 32.3 Å². The summed E-state index contributed by atoms with van der Waals surface area (Å²) < 4.78 is 0.